The molecule has 0 fully saturated rings. The Morgan fingerprint density at radius 2 is 2.05 bits per heavy atom. The van der Waals surface area contributed by atoms with E-state index in [4.69, 9.17) is 5.73 Å². The van der Waals surface area contributed by atoms with Gasteiger partial charge in [-0.2, -0.15) is 4.31 Å². The molecular formula is C12H17BrN2O4S. The Balaban J connectivity index is 3.30. The zero-order chi connectivity index (χ0) is 15.5. The van der Waals surface area contributed by atoms with Crippen LogP contribution in [-0.2, 0) is 19.6 Å². The molecule has 112 valence electrons. The van der Waals surface area contributed by atoms with Crippen LogP contribution in [-0.4, -0.2) is 38.4 Å². The van der Waals surface area contributed by atoms with Crippen LogP contribution < -0.4 is 5.73 Å². The number of nitrogens with zero attached hydrogens (tertiary/aromatic N) is 1. The van der Waals surface area contributed by atoms with Gasteiger partial charge in [-0.25, -0.2) is 8.42 Å². The smallest absolute Gasteiger partial charge is 0.321 e. The first-order chi connectivity index (χ1) is 9.20. The molecule has 20 heavy (non-hydrogen) atoms. The fourth-order valence-electron chi connectivity index (χ4n) is 1.59. The summed E-state index contributed by atoms with van der Waals surface area (Å²) in [6.45, 7) is 2.99. The van der Waals surface area contributed by atoms with Crippen molar-refractivity contribution in [3.63, 3.8) is 0 Å². The van der Waals surface area contributed by atoms with E-state index in [1.807, 2.05) is 0 Å². The molecule has 0 radical (unpaired) electrons. The van der Waals surface area contributed by atoms with Gasteiger partial charge in [-0.3, -0.25) is 4.79 Å². The molecule has 1 rings (SSSR count). The van der Waals surface area contributed by atoms with Crippen LogP contribution in [0, 0.1) is 0 Å². The number of rotatable bonds is 5. The van der Waals surface area contributed by atoms with Gasteiger partial charge in [0.15, 0.2) is 0 Å². The van der Waals surface area contributed by atoms with E-state index < -0.39 is 22.0 Å². The molecule has 0 atom stereocenters. The number of methoxy groups -OCH3 is 1. The van der Waals surface area contributed by atoms with Gasteiger partial charge < -0.3 is 10.5 Å². The number of nitrogen functional groups attached to an aromatic ring is 1. The summed E-state index contributed by atoms with van der Waals surface area (Å²) >= 11 is 3.21. The van der Waals surface area contributed by atoms with Gasteiger partial charge in [0, 0.05) is 10.5 Å². The zero-order valence-corrected chi connectivity index (χ0v) is 13.9. The summed E-state index contributed by atoms with van der Waals surface area (Å²) in [5, 5.41) is 0. The topological polar surface area (TPSA) is 89.7 Å². The van der Waals surface area contributed by atoms with Crippen LogP contribution >= 0.6 is 15.9 Å². The lowest BCUT2D eigenvalue weighted by atomic mass is 10.3. The van der Waals surface area contributed by atoms with Crippen molar-refractivity contribution < 1.29 is 17.9 Å². The maximum Gasteiger partial charge on any atom is 0.321 e. The number of hydrogen-bond donors (Lipinski definition) is 1. The summed E-state index contributed by atoms with van der Waals surface area (Å²) in [6, 6.07) is 4.15. The fourth-order valence-corrected chi connectivity index (χ4v) is 3.83. The van der Waals surface area contributed by atoms with Crippen LogP contribution in [0.3, 0.4) is 0 Å². The van der Waals surface area contributed by atoms with Crippen LogP contribution in [0.5, 0.6) is 0 Å². The minimum Gasteiger partial charge on any atom is -0.468 e. The number of hydrogen-bond acceptors (Lipinski definition) is 5. The molecule has 0 aromatic heterocycles. The second-order valence-electron chi connectivity index (χ2n) is 4.40. The molecule has 1 aromatic rings. The van der Waals surface area contributed by atoms with Crippen LogP contribution in [0.1, 0.15) is 13.8 Å². The van der Waals surface area contributed by atoms with Gasteiger partial charge in [0.2, 0.25) is 10.0 Å². The molecule has 0 saturated heterocycles. The van der Waals surface area contributed by atoms with E-state index in [0.29, 0.717) is 4.47 Å². The summed E-state index contributed by atoms with van der Waals surface area (Å²) in [7, 11) is -2.67. The molecule has 0 bridgehead atoms. The second-order valence-corrected chi connectivity index (χ2v) is 7.18. The summed E-state index contributed by atoms with van der Waals surface area (Å²) in [4.78, 5) is 11.4. The molecule has 0 heterocycles. The highest BCUT2D eigenvalue weighted by Crippen LogP contribution is 2.27. The van der Waals surface area contributed by atoms with Crippen molar-refractivity contribution in [3.05, 3.63) is 22.7 Å². The van der Waals surface area contributed by atoms with Gasteiger partial charge >= 0.3 is 5.97 Å². The normalized spacial score (nSPS) is 11.9. The first-order valence-electron chi connectivity index (χ1n) is 5.83. The number of carbonyl (C=O) groups is 1. The fraction of sp³-hybridized carbons (Fsp3) is 0.417. The zero-order valence-electron chi connectivity index (χ0n) is 11.5. The van der Waals surface area contributed by atoms with Gasteiger partial charge in [0.1, 0.15) is 11.4 Å². The van der Waals surface area contributed by atoms with Crippen molar-refractivity contribution in [2.75, 3.05) is 19.4 Å². The van der Waals surface area contributed by atoms with E-state index in [1.54, 1.807) is 19.9 Å². The molecule has 0 spiro atoms. The lowest BCUT2D eigenvalue weighted by molar-refractivity contribution is -0.141. The third kappa shape index (κ3) is 3.71. The monoisotopic (exact) mass is 364 g/mol. The third-order valence-corrected chi connectivity index (χ3v) is 5.22. The van der Waals surface area contributed by atoms with Gasteiger partial charge in [0.05, 0.1) is 12.8 Å². The standard InChI is InChI=1S/C12H17BrN2O4S/c1-8(2)15(7-12(16)19-3)20(17,18)11-6-9(13)4-5-10(11)14/h4-6,8H,7,14H2,1-3H3. The average molecular weight is 365 g/mol. The molecule has 0 aliphatic heterocycles. The SMILES string of the molecule is COC(=O)CN(C(C)C)S(=O)(=O)c1cc(Br)ccc1N. The first-order valence-corrected chi connectivity index (χ1v) is 8.07. The van der Waals surface area contributed by atoms with Crippen LogP contribution in [0.2, 0.25) is 0 Å². The number of carbonyl (C=O) groups excluding carboxylic acids is 1. The molecule has 8 heteroatoms. The number of halogens is 1. The molecule has 0 aliphatic carbocycles. The van der Waals surface area contributed by atoms with Gasteiger partial charge in [-0.15, -0.1) is 0 Å². The summed E-state index contributed by atoms with van der Waals surface area (Å²) in [5.41, 5.74) is 5.86. The predicted molar refractivity (Wildman–Crippen MR) is 79.6 cm³/mol. The number of benzene rings is 1. The third-order valence-electron chi connectivity index (χ3n) is 2.65. The average Bonchev–Trinajstić information content (AvgIpc) is 2.37. The summed E-state index contributed by atoms with van der Waals surface area (Å²) in [5.74, 6) is -0.629. The van der Waals surface area contributed by atoms with Crippen molar-refractivity contribution in [2.24, 2.45) is 0 Å². The summed E-state index contributed by atoms with van der Waals surface area (Å²) in [6.07, 6.45) is 0. The highest BCUT2D eigenvalue weighted by Gasteiger charge is 2.31. The Kier molecular flexibility index (Phi) is 5.55. The molecule has 0 aliphatic rings. The van der Waals surface area contributed by atoms with Gasteiger partial charge in [0.25, 0.3) is 0 Å². The van der Waals surface area contributed by atoms with E-state index in [1.165, 1.54) is 19.2 Å². The van der Waals surface area contributed by atoms with Crippen molar-refractivity contribution in [3.8, 4) is 0 Å². The Bertz CT molecular complexity index is 601. The van der Waals surface area contributed by atoms with Crippen molar-refractivity contribution >= 4 is 37.6 Å². The number of esters is 1. The molecule has 1 aromatic carbocycles. The van der Waals surface area contributed by atoms with Crippen molar-refractivity contribution in [1.29, 1.82) is 0 Å². The van der Waals surface area contributed by atoms with Gasteiger partial charge in [-0.05, 0) is 32.0 Å². The molecule has 2 N–H and O–H groups in total. The Labute approximate surface area is 127 Å². The van der Waals surface area contributed by atoms with Crippen LogP contribution in [0.15, 0.2) is 27.6 Å². The van der Waals surface area contributed by atoms with Crippen LogP contribution in [0.4, 0.5) is 5.69 Å². The molecule has 0 saturated carbocycles. The van der Waals surface area contributed by atoms with E-state index in [2.05, 4.69) is 20.7 Å². The lowest BCUT2D eigenvalue weighted by Crippen LogP contribution is -2.41. The summed E-state index contributed by atoms with van der Waals surface area (Å²) < 4.78 is 31.4. The number of ether oxygens (including phenoxy) is 1. The quantitative estimate of drug-likeness (QED) is 0.632. The van der Waals surface area contributed by atoms with Crippen LogP contribution in [0.25, 0.3) is 0 Å². The largest absolute Gasteiger partial charge is 0.468 e. The molecule has 6 nitrogen and oxygen atoms in total. The van der Waals surface area contributed by atoms with E-state index in [0.717, 1.165) is 4.31 Å². The maximum absolute atomic E-state index is 12.6. The van der Waals surface area contributed by atoms with E-state index >= 15 is 0 Å². The minimum absolute atomic E-state index is 0.0375. The van der Waals surface area contributed by atoms with Crippen molar-refractivity contribution in [1.82, 2.24) is 4.31 Å². The lowest BCUT2D eigenvalue weighted by Gasteiger charge is -2.25. The highest BCUT2D eigenvalue weighted by molar-refractivity contribution is 9.10. The Morgan fingerprint density at radius 1 is 1.45 bits per heavy atom. The maximum atomic E-state index is 12.6. The highest BCUT2D eigenvalue weighted by atomic mass is 79.9. The van der Waals surface area contributed by atoms with Crippen molar-refractivity contribution in [2.45, 2.75) is 24.8 Å². The Hall–Kier alpha value is -1.12. The first kappa shape index (κ1) is 16.9. The number of nitrogens with two attached hydrogens (primary N) is 1. The minimum atomic E-state index is -3.88. The van der Waals surface area contributed by atoms with E-state index in [-0.39, 0.29) is 17.1 Å². The number of sulfonamides is 1. The Morgan fingerprint density at radius 3 is 2.55 bits per heavy atom. The van der Waals surface area contributed by atoms with E-state index in [9.17, 15) is 13.2 Å². The molecule has 0 unspecified atom stereocenters. The predicted octanol–water partition coefficient (Wildman–Crippen LogP) is 1.60. The second kappa shape index (κ2) is 6.55. The number of anilines is 1. The molecular weight excluding hydrogens is 348 g/mol. The van der Waals surface area contributed by atoms with Gasteiger partial charge in [-0.1, -0.05) is 15.9 Å². The molecule has 0 amide bonds.